The van der Waals surface area contributed by atoms with E-state index >= 15 is 0 Å². The quantitative estimate of drug-likeness (QED) is 0.140. The van der Waals surface area contributed by atoms with Crippen LogP contribution in [-0.2, 0) is 9.53 Å². The van der Waals surface area contributed by atoms with Gasteiger partial charge in [-0.15, -0.1) is 0 Å². The maximum atomic E-state index is 12.5. The second-order valence-corrected chi connectivity index (χ2v) is 8.76. The first-order valence-electron chi connectivity index (χ1n) is 9.12. The predicted molar refractivity (Wildman–Crippen MR) is 125 cm³/mol. The van der Waals surface area contributed by atoms with Gasteiger partial charge in [0, 0.05) is 25.4 Å². The average Bonchev–Trinajstić information content (AvgIpc) is 2.72. The molecular formula is C21H22BrIN2O5. The fourth-order valence-corrected chi connectivity index (χ4v) is 3.55. The third-order valence-corrected chi connectivity index (χ3v) is 5.51. The van der Waals surface area contributed by atoms with Crippen LogP contribution >= 0.6 is 38.5 Å². The zero-order valence-corrected chi connectivity index (χ0v) is 19.9. The molecule has 0 unspecified atom stereocenters. The molecule has 0 bridgehead atoms. The molecule has 160 valence electrons. The minimum atomic E-state index is -0.699. The number of halogens is 2. The van der Waals surface area contributed by atoms with E-state index in [2.05, 4.69) is 43.8 Å². The van der Waals surface area contributed by atoms with Crippen LogP contribution in [0.2, 0.25) is 0 Å². The van der Waals surface area contributed by atoms with E-state index in [9.17, 15) is 14.7 Å². The number of hydrogen-bond acceptors (Lipinski definition) is 5. The van der Waals surface area contributed by atoms with Crippen molar-refractivity contribution in [1.29, 1.82) is 0 Å². The molecule has 2 aromatic carbocycles. The molecule has 0 aromatic heterocycles. The molecule has 9 heteroatoms. The number of hydroxylamine groups is 1. The predicted octanol–water partition coefficient (Wildman–Crippen LogP) is 5.53. The molecule has 7 nitrogen and oxygen atoms in total. The van der Waals surface area contributed by atoms with Gasteiger partial charge in [-0.25, -0.2) is 10.3 Å². The van der Waals surface area contributed by atoms with Crippen LogP contribution < -0.4 is 10.8 Å². The summed E-state index contributed by atoms with van der Waals surface area (Å²) in [4.78, 5) is 23.6. The topological polar surface area (TPSA) is 108 Å². The first-order valence-corrected chi connectivity index (χ1v) is 11.0. The molecule has 2 atom stereocenters. The molecule has 2 amide bonds. The lowest BCUT2D eigenvalue weighted by atomic mass is 9.92. The fraction of sp³-hybridized carbons (Fsp3) is 0.238. The van der Waals surface area contributed by atoms with Crippen LogP contribution in [0.3, 0.4) is 0 Å². The number of amides is 2. The maximum Gasteiger partial charge on any atom is 0.412 e. The van der Waals surface area contributed by atoms with Crippen LogP contribution in [0.15, 0.2) is 59.1 Å². The van der Waals surface area contributed by atoms with Crippen molar-refractivity contribution in [3.05, 3.63) is 68.2 Å². The number of rotatable bonds is 8. The zero-order valence-electron chi connectivity index (χ0n) is 16.1. The van der Waals surface area contributed by atoms with E-state index in [-0.39, 0.29) is 11.7 Å². The lowest BCUT2D eigenvalue weighted by Gasteiger charge is -2.25. The summed E-state index contributed by atoms with van der Waals surface area (Å²) in [7, 11) is 0. The smallest absolute Gasteiger partial charge is 0.412 e. The Labute approximate surface area is 196 Å². The molecule has 0 aliphatic rings. The fourth-order valence-electron chi connectivity index (χ4n) is 2.77. The maximum absolute atomic E-state index is 12.5. The number of aromatic hydroxyl groups is 1. The highest BCUT2D eigenvalue weighted by atomic mass is 127. The molecule has 0 heterocycles. The Bertz CT molecular complexity index is 905. The van der Waals surface area contributed by atoms with Crippen molar-refractivity contribution in [3.8, 4) is 5.75 Å². The van der Waals surface area contributed by atoms with E-state index in [1.165, 1.54) is 11.6 Å². The number of anilines is 1. The van der Waals surface area contributed by atoms with Crippen LogP contribution in [-0.4, -0.2) is 22.3 Å². The van der Waals surface area contributed by atoms with Crippen molar-refractivity contribution >= 4 is 56.2 Å². The summed E-state index contributed by atoms with van der Waals surface area (Å²) >= 11 is 5.47. The molecule has 0 spiro atoms. The second-order valence-electron chi connectivity index (χ2n) is 6.59. The minimum absolute atomic E-state index is 0.0407. The van der Waals surface area contributed by atoms with E-state index in [1.54, 1.807) is 48.5 Å². The second kappa shape index (κ2) is 11.9. The number of carbonyl (C=O) groups excluding carboxylic acids is 2. The van der Waals surface area contributed by atoms with Gasteiger partial charge in [-0.1, -0.05) is 28.9 Å². The van der Waals surface area contributed by atoms with E-state index in [4.69, 9.17) is 9.94 Å². The largest absolute Gasteiger partial charge is 0.508 e. The molecule has 0 radical (unpaired) electrons. The summed E-state index contributed by atoms with van der Waals surface area (Å²) in [5, 5.41) is 21.6. The van der Waals surface area contributed by atoms with Crippen molar-refractivity contribution in [1.82, 2.24) is 5.48 Å². The first kappa shape index (κ1) is 24.2. The molecule has 0 saturated heterocycles. The third kappa shape index (κ3) is 7.62. The number of nitrogens with one attached hydrogen (secondary N) is 2. The molecule has 0 saturated carbocycles. The van der Waals surface area contributed by atoms with E-state index in [1.807, 2.05) is 6.92 Å². The summed E-state index contributed by atoms with van der Waals surface area (Å²) in [6.45, 7) is 1.90. The SMILES string of the molecule is C[C@H](CC/C=C/C(=O)NO)[C@H](OC(=O)Nc1ccc(Br)cc1)c1cc(I)ccc1O. The zero-order chi connectivity index (χ0) is 22.1. The van der Waals surface area contributed by atoms with Crippen molar-refractivity contribution in [2.24, 2.45) is 5.92 Å². The summed E-state index contributed by atoms with van der Waals surface area (Å²) in [6, 6.07) is 12.2. The van der Waals surface area contributed by atoms with E-state index < -0.39 is 18.1 Å². The number of ether oxygens (including phenoxy) is 1. The van der Waals surface area contributed by atoms with Crippen molar-refractivity contribution in [2.45, 2.75) is 25.9 Å². The highest BCUT2D eigenvalue weighted by Crippen LogP contribution is 2.36. The minimum Gasteiger partial charge on any atom is -0.508 e. The Morgan fingerprint density at radius 2 is 1.93 bits per heavy atom. The first-order chi connectivity index (χ1) is 14.3. The van der Waals surface area contributed by atoms with Crippen molar-refractivity contribution < 1.29 is 24.6 Å². The van der Waals surface area contributed by atoms with Crippen LogP contribution in [0.25, 0.3) is 0 Å². The van der Waals surface area contributed by atoms with Gasteiger partial charge in [-0.2, -0.15) is 0 Å². The normalized spacial score (nSPS) is 12.9. The number of phenolic OH excluding ortho intramolecular Hbond substituents is 1. The Hall–Kier alpha value is -2.11. The van der Waals surface area contributed by atoms with E-state index in [0.29, 0.717) is 24.1 Å². The molecule has 0 aliphatic heterocycles. The van der Waals surface area contributed by atoms with Crippen LogP contribution in [0, 0.1) is 9.49 Å². The van der Waals surface area contributed by atoms with Gasteiger partial charge >= 0.3 is 6.09 Å². The van der Waals surface area contributed by atoms with E-state index in [0.717, 1.165) is 8.04 Å². The number of allylic oxidation sites excluding steroid dienone is 1. The van der Waals surface area contributed by atoms with Crippen molar-refractivity contribution in [3.63, 3.8) is 0 Å². The Morgan fingerprint density at radius 1 is 1.23 bits per heavy atom. The Balaban J connectivity index is 2.15. The lowest BCUT2D eigenvalue weighted by molar-refractivity contribution is -0.124. The van der Waals surface area contributed by atoms with Crippen LogP contribution in [0.1, 0.15) is 31.4 Å². The summed E-state index contributed by atoms with van der Waals surface area (Å²) in [5.74, 6) is -0.731. The van der Waals surface area contributed by atoms with Crippen molar-refractivity contribution in [2.75, 3.05) is 5.32 Å². The molecule has 2 rings (SSSR count). The number of benzene rings is 2. The molecule has 0 aliphatic carbocycles. The van der Waals surface area contributed by atoms with Gasteiger partial charge in [0.15, 0.2) is 0 Å². The highest BCUT2D eigenvalue weighted by molar-refractivity contribution is 14.1. The summed E-state index contributed by atoms with van der Waals surface area (Å²) in [6.07, 6.45) is 2.61. The standard InChI is InChI=1S/C21H22BrIN2O5/c1-13(4-2-3-5-19(27)25-29)20(17-12-15(23)8-11-18(17)26)30-21(28)24-16-9-6-14(22)7-10-16/h3,5-13,20,26,29H,2,4H2,1H3,(H,24,28)(H,25,27)/b5-3+/t13-,20+/m1/s1. The van der Waals surface area contributed by atoms with Gasteiger partial charge in [-0.3, -0.25) is 15.3 Å². The van der Waals surface area contributed by atoms with Gasteiger partial charge in [0.25, 0.3) is 5.91 Å². The molecule has 4 N–H and O–H groups in total. The van der Waals surface area contributed by atoms with Gasteiger partial charge in [0.1, 0.15) is 11.9 Å². The molecule has 0 fully saturated rings. The van der Waals surface area contributed by atoms with Gasteiger partial charge in [0.05, 0.1) is 0 Å². The van der Waals surface area contributed by atoms with Gasteiger partial charge in [0.2, 0.25) is 0 Å². The summed E-state index contributed by atoms with van der Waals surface area (Å²) in [5.41, 5.74) is 2.62. The van der Waals surface area contributed by atoms with Crippen LogP contribution in [0.5, 0.6) is 5.75 Å². The molecule has 2 aromatic rings. The van der Waals surface area contributed by atoms with Gasteiger partial charge in [-0.05, 0) is 83.8 Å². The average molecular weight is 589 g/mol. The lowest BCUT2D eigenvalue weighted by Crippen LogP contribution is -2.22. The monoisotopic (exact) mass is 588 g/mol. The molecular weight excluding hydrogens is 567 g/mol. The Kier molecular flexibility index (Phi) is 9.60. The Morgan fingerprint density at radius 3 is 2.60 bits per heavy atom. The molecule has 30 heavy (non-hydrogen) atoms. The van der Waals surface area contributed by atoms with Gasteiger partial charge < -0.3 is 9.84 Å². The third-order valence-electron chi connectivity index (χ3n) is 4.31. The number of carbonyl (C=O) groups is 2. The van der Waals surface area contributed by atoms with Crippen LogP contribution in [0.4, 0.5) is 10.5 Å². The highest BCUT2D eigenvalue weighted by Gasteiger charge is 2.26. The number of phenols is 1. The number of hydrogen-bond donors (Lipinski definition) is 4. The summed E-state index contributed by atoms with van der Waals surface area (Å²) < 4.78 is 7.48.